The van der Waals surface area contributed by atoms with Crippen molar-refractivity contribution < 1.29 is 5.11 Å². The van der Waals surface area contributed by atoms with E-state index in [-0.39, 0.29) is 23.9 Å². The van der Waals surface area contributed by atoms with Crippen molar-refractivity contribution in [3.8, 4) is 0 Å². The number of nitrogen functional groups attached to an aromatic ring is 1. The van der Waals surface area contributed by atoms with Crippen LogP contribution >= 0.6 is 11.6 Å². The van der Waals surface area contributed by atoms with Gasteiger partial charge in [-0.25, -0.2) is 4.85 Å². The lowest BCUT2D eigenvalue weighted by molar-refractivity contribution is 0.217. The lowest BCUT2D eigenvalue weighted by Crippen LogP contribution is -2.40. The molecule has 0 heterocycles. The molecule has 0 amide bonds. The molecule has 1 rings (SSSR count). The number of nitrogens with one attached hydrogen (secondary N) is 1. The van der Waals surface area contributed by atoms with Gasteiger partial charge in [0.05, 0.1) is 29.9 Å². The predicted molar refractivity (Wildman–Crippen MR) is 74.8 cm³/mol. The molecular weight excluding hydrogens is 250 g/mol. The molecule has 5 heteroatoms. The number of anilines is 1. The van der Waals surface area contributed by atoms with E-state index in [2.05, 4.69) is 10.2 Å². The summed E-state index contributed by atoms with van der Waals surface area (Å²) in [5.41, 5.74) is 6.90. The number of nitrogens with zero attached hydrogens (tertiary/aromatic N) is 1. The third kappa shape index (κ3) is 3.61. The van der Waals surface area contributed by atoms with E-state index in [1.54, 1.807) is 12.1 Å². The van der Waals surface area contributed by atoms with Crippen molar-refractivity contribution >= 4 is 23.0 Å². The van der Waals surface area contributed by atoms with Crippen molar-refractivity contribution in [3.63, 3.8) is 0 Å². The Kier molecular flexibility index (Phi) is 4.58. The van der Waals surface area contributed by atoms with Crippen LogP contribution in [0.4, 0.5) is 11.4 Å². The van der Waals surface area contributed by atoms with Crippen LogP contribution in [0.15, 0.2) is 12.1 Å². The van der Waals surface area contributed by atoms with Crippen LogP contribution in [0, 0.1) is 6.57 Å². The highest BCUT2D eigenvalue weighted by atomic mass is 35.5. The van der Waals surface area contributed by atoms with E-state index in [4.69, 9.17) is 23.9 Å². The molecule has 1 unspecified atom stereocenters. The molecule has 1 aromatic carbocycles. The molecule has 4 N–H and O–H groups in total. The van der Waals surface area contributed by atoms with Gasteiger partial charge in [0.15, 0.2) is 0 Å². The molecule has 0 spiro atoms. The maximum absolute atomic E-state index is 9.45. The zero-order chi connectivity index (χ0) is 13.9. The van der Waals surface area contributed by atoms with E-state index in [1.807, 2.05) is 20.8 Å². The van der Waals surface area contributed by atoms with Gasteiger partial charge >= 0.3 is 0 Å². The number of halogens is 1. The van der Waals surface area contributed by atoms with Crippen LogP contribution in [0.1, 0.15) is 32.4 Å². The van der Waals surface area contributed by atoms with Crippen molar-refractivity contribution in [1.82, 2.24) is 5.32 Å². The van der Waals surface area contributed by atoms with Crippen molar-refractivity contribution in [1.29, 1.82) is 0 Å². The Morgan fingerprint density at radius 1 is 1.50 bits per heavy atom. The number of hydrogen-bond donors (Lipinski definition) is 3. The molecule has 1 atom stereocenters. The Hall–Kier alpha value is -1.28. The summed E-state index contributed by atoms with van der Waals surface area (Å²) in [4.78, 5) is 3.34. The smallest absolute Gasteiger partial charge is 0.211 e. The van der Waals surface area contributed by atoms with Crippen LogP contribution in [-0.4, -0.2) is 17.3 Å². The second kappa shape index (κ2) is 5.57. The monoisotopic (exact) mass is 267 g/mol. The van der Waals surface area contributed by atoms with Gasteiger partial charge in [-0.15, -0.1) is 0 Å². The first-order chi connectivity index (χ1) is 8.28. The molecule has 0 saturated carbocycles. The van der Waals surface area contributed by atoms with Gasteiger partial charge in [-0.3, -0.25) is 0 Å². The summed E-state index contributed by atoms with van der Waals surface area (Å²) in [7, 11) is 0. The number of nitrogens with two attached hydrogens (primary N) is 1. The summed E-state index contributed by atoms with van der Waals surface area (Å²) in [5, 5.41) is 13.1. The minimum atomic E-state index is -0.274. The fourth-order valence-corrected chi connectivity index (χ4v) is 1.90. The minimum absolute atomic E-state index is 0.0744. The first kappa shape index (κ1) is 14.8. The maximum Gasteiger partial charge on any atom is 0.211 e. The third-order valence-corrected chi connectivity index (χ3v) is 2.76. The van der Waals surface area contributed by atoms with Gasteiger partial charge in [0.1, 0.15) is 0 Å². The summed E-state index contributed by atoms with van der Waals surface area (Å²) in [5.74, 6) is 0. The molecule has 1 aromatic rings. The molecule has 0 aromatic heterocycles. The first-order valence-electron chi connectivity index (χ1n) is 5.63. The fourth-order valence-electron chi connectivity index (χ4n) is 1.67. The van der Waals surface area contributed by atoms with E-state index in [1.165, 1.54) is 0 Å². The Balaban J connectivity index is 3.15. The largest absolute Gasteiger partial charge is 0.406 e. The van der Waals surface area contributed by atoms with Crippen LogP contribution in [0.3, 0.4) is 0 Å². The highest BCUT2D eigenvalue weighted by Crippen LogP contribution is 2.33. The summed E-state index contributed by atoms with van der Waals surface area (Å²) >= 11 is 5.99. The van der Waals surface area contributed by atoms with Gasteiger partial charge in [-0.05, 0) is 38.5 Å². The lowest BCUT2D eigenvalue weighted by atomic mass is 10.0. The van der Waals surface area contributed by atoms with E-state index in [0.717, 1.165) is 5.56 Å². The number of rotatable bonds is 3. The summed E-state index contributed by atoms with van der Waals surface area (Å²) in [6.45, 7) is 13.0. The van der Waals surface area contributed by atoms with Gasteiger partial charge in [0.2, 0.25) is 5.69 Å². The highest BCUT2D eigenvalue weighted by molar-refractivity contribution is 6.33. The first-order valence-corrected chi connectivity index (χ1v) is 6.01. The van der Waals surface area contributed by atoms with E-state index >= 15 is 0 Å². The average Bonchev–Trinajstić information content (AvgIpc) is 2.28. The zero-order valence-corrected chi connectivity index (χ0v) is 11.5. The second-order valence-corrected chi connectivity index (χ2v) is 5.58. The molecule has 0 fully saturated rings. The standard InChI is InChI=1S/C13H18ClN3O/c1-13(2,3)17-11(7-18)8-5-9(14)12(15)10(6-8)16-4/h5-6,11,17-18H,7,15H2,1-3H3. The molecule has 0 radical (unpaired) electrons. The molecule has 18 heavy (non-hydrogen) atoms. The Labute approximate surface area is 113 Å². The van der Waals surface area contributed by atoms with Crippen LogP contribution in [-0.2, 0) is 0 Å². The fraction of sp³-hybridized carbons (Fsp3) is 0.462. The maximum atomic E-state index is 9.45. The van der Waals surface area contributed by atoms with Crippen molar-refractivity contribution in [3.05, 3.63) is 34.1 Å². The molecule has 98 valence electrons. The number of hydrogen-bond acceptors (Lipinski definition) is 3. The summed E-state index contributed by atoms with van der Waals surface area (Å²) < 4.78 is 0. The van der Waals surface area contributed by atoms with Crippen LogP contribution in [0.2, 0.25) is 5.02 Å². The molecule has 0 aliphatic rings. The van der Waals surface area contributed by atoms with Crippen LogP contribution < -0.4 is 11.1 Å². The van der Waals surface area contributed by atoms with Gasteiger partial charge in [0.25, 0.3) is 0 Å². The second-order valence-electron chi connectivity index (χ2n) is 5.18. The zero-order valence-electron chi connectivity index (χ0n) is 10.8. The van der Waals surface area contributed by atoms with Crippen LogP contribution in [0.5, 0.6) is 0 Å². The van der Waals surface area contributed by atoms with Gasteiger partial charge in [-0.2, -0.15) is 0 Å². The van der Waals surface area contributed by atoms with Crippen LogP contribution in [0.25, 0.3) is 4.85 Å². The number of benzene rings is 1. The normalized spacial score (nSPS) is 13.1. The van der Waals surface area contributed by atoms with Gasteiger partial charge in [-0.1, -0.05) is 11.6 Å². The quantitative estimate of drug-likeness (QED) is 0.583. The highest BCUT2D eigenvalue weighted by Gasteiger charge is 2.19. The molecule has 0 aliphatic carbocycles. The summed E-state index contributed by atoms with van der Waals surface area (Å²) in [6, 6.07) is 3.07. The molecule has 0 aliphatic heterocycles. The van der Waals surface area contributed by atoms with Crippen molar-refractivity contribution in [2.75, 3.05) is 12.3 Å². The average molecular weight is 268 g/mol. The van der Waals surface area contributed by atoms with E-state index in [0.29, 0.717) is 10.7 Å². The summed E-state index contributed by atoms with van der Waals surface area (Å²) in [6.07, 6.45) is 0. The van der Waals surface area contributed by atoms with Gasteiger partial charge < -0.3 is 16.2 Å². The third-order valence-electron chi connectivity index (χ3n) is 2.44. The van der Waals surface area contributed by atoms with E-state index in [9.17, 15) is 5.11 Å². The Morgan fingerprint density at radius 2 is 2.11 bits per heavy atom. The SMILES string of the molecule is [C-]#[N+]c1cc(C(CO)NC(C)(C)C)cc(Cl)c1N. The number of aliphatic hydroxyl groups excluding tert-OH is 1. The van der Waals surface area contributed by atoms with Crippen molar-refractivity contribution in [2.45, 2.75) is 32.4 Å². The molecular formula is C13H18ClN3O. The molecule has 0 saturated heterocycles. The minimum Gasteiger partial charge on any atom is -0.406 e. The van der Waals surface area contributed by atoms with E-state index < -0.39 is 0 Å². The molecule has 0 bridgehead atoms. The molecule has 4 nitrogen and oxygen atoms in total. The topological polar surface area (TPSA) is 62.6 Å². The Bertz CT molecular complexity index is 474. The van der Waals surface area contributed by atoms with Crippen molar-refractivity contribution in [2.24, 2.45) is 0 Å². The predicted octanol–water partition coefficient (Wildman–Crippen LogP) is 2.89. The lowest BCUT2D eigenvalue weighted by Gasteiger charge is -2.28. The number of aliphatic hydroxyl groups is 1. The Morgan fingerprint density at radius 3 is 2.56 bits per heavy atom. The van der Waals surface area contributed by atoms with Gasteiger partial charge in [0, 0.05) is 5.54 Å².